The van der Waals surface area contributed by atoms with Crippen LogP contribution in [0.3, 0.4) is 0 Å². The van der Waals surface area contributed by atoms with Crippen molar-refractivity contribution in [2.24, 2.45) is 0 Å². The summed E-state index contributed by atoms with van der Waals surface area (Å²) in [5, 5.41) is 17.5. The summed E-state index contributed by atoms with van der Waals surface area (Å²) in [7, 11) is -4.43. The molecule has 0 radical (unpaired) electrons. The van der Waals surface area contributed by atoms with E-state index in [0.29, 0.717) is 0 Å². The Balaban J connectivity index is 3.17. The third-order valence-electron chi connectivity index (χ3n) is 1.87. The number of benzene rings is 1. The van der Waals surface area contributed by atoms with Crippen LogP contribution in [0.5, 0.6) is 0 Å². The lowest BCUT2D eigenvalue weighted by atomic mass is 9.80. The van der Waals surface area contributed by atoms with Crippen molar-refractivity contribution in [3.05, 3.63) is 22.2 Å². The molecule has 1 aromatic rings. The number of rotatable bonds is 3. The Morgan fingerprint density at radius 2 is 1.78 bits per heavy atom. The van der Waals surface area contributed by atoms with Crippen molar-refractivity contribution in [2.75, 3.05) is 5.75 Å². The third-order valence-corrected chi connectivity index (χ3v) is 4.04. The molecule has 0 heterocycles. The number of hydrogen-bond donors (Lipinski definition) is 2. The second kappa shape index (κ2) is 5.79. The Morgan fingerprint density at radius 3 is 2.22 bits per heavy atom. The molecule has 3 nitrogen and oxygen atoms in total. The number of halogens is 5. The van der Waals surface area contributed by atoms with E-state index in [1.54, 1.807) is 0 Å². The summed E-state index contributed by atoms with van der Waals surface area (Å²) in [5.41, 5.74) is -0.258. The van der Waals surface area contributed by atoms with E-state index in [1.807, 2.05) is 0 Å². The maximum Gasteiger partial charge on any atom is 0.489 e. The monoisotopic (exact) mass is 320 g/mol. The first kappa shape index (κ1) is 15.8. The lowest BCUT2D eigenvalue weighted by Crippen LogP contribution is -2.31. The van der Waals surface area contributed by atoms with Gasteiger partial charge < -0.3 is 10.0 Å². The summed E-state index contributed by atoms with van der Waals surface area (Å²) < 4.78 is 47.8. The zero-order valence-corrected chi connectivity index (χ0v) is 10.9. The molecule has 1 atom stereocenters. The minimum absolute atomic E-state index is 0.136. The lowest BCUT2D eigenvalue weighted by molar-refractivity contribution is -0.105. The highest BCUT2D eigenvalue weighted by atomic mass is 35.5. The molecule has 10 heteroatoms. The van der Waals surface area contributed by atoms with E-state index >= 15 is 0 Å². The maximum atomic E-state index is 12.1. The summed E-state index contributed by atoms with van der Waals surface area (Å²) in [4.78, 5) is -0.346. The molecule has 0 aromatic heterocycles. The molecule has 0 fully saturated rings. The van der Waals surface area contributed by atoms with Crippen LogP contribution >= 0.6 is 23.2 Å². The van der Waals surface area contributed by atoms with Gasteiger partial charge in [0.05, 0.1) is 20.7 Å². The summed E-state index contributed by atoms with van der Waals surface area (Å²) in [6.45, 7) is 0. The van der Waals surface area contributed by atoms with E-state index in [4.69, 9.17) is 33.2 Å². The third kappa shape index (κ3) is 4.13. The first-order chi connectivity index (χ1) is 8.11. The van der Waals surface area contributed by atoms with Gasteiger partial charge in [-0.15, -0.1) is 0 Å². The first-order valence-electron chi connectivity index (χ1n) is 4.42. The summed E-state index contributed by atoms with van der Waals surface area (Å²) in [5.74, 6) is -1.57. The van der Waals surface area contributed by atoms with Gasteiger partial charge in [0, 0.05) is 10.5 Å². The summed E-state index contributed by atoms with van der Waals surface area (Å²) in [6.07, 6.45) is -4.62. The maximum absolute atomic E-state index is 12.1. The lowest BCUT2D eigenvalue weighted by Gasteiger charge is -2.10. The van der Waals surface area contributed by atoms with Crippen molar-refractivity contribution >= 4 is 46.6 Å². The van der Waals surface area contributed by atoms with Crippen LogP contribution in [0.15, 0.2) is 17.0 Å². The Kier molecular flexibility index (Phi) is 5.08. The van der Waals surface area contributed by atoms with Gasteiger partial charge in [0.1, 0.15) is 5.75 Å². The molecule has 18 heavy (non-hydrogen) atoms. The molecule has 1 aromatic carbocycles. The van der Waals surface area contributed by atoms with Crippen molar-refractivity contribution in [3.8, 4) is 0 Å². The van der Waals surface area contributed by atoms with E-state index < -0.39 is 29.8 Å². The van der Waals surface area contributed by atoms with Crippen molar-refractivity contribution in [2.45, 2.75) is 11.1 Å². The van der Waals surface area contributed by atoms with E-state index in [2.05, 4.69) is 0 Å². The fourth-order valence-corrected chi connectivity index (χ4v) is 2.87. The van der Waals surface area contributed by atoms with Gasteiger partial charge in [0.2, 0.25) is 0 Å². The van der Waals surface area contributed by atoms with Gasteiger partial charge in [-0.25, -0.2) is 0 Å². The highest BCUT2D eigenvalue weighted by molar-refractivity contribution is 7.85. The molecule has 0 aliphatic rings. The Hall–Kier alpha value is -0.275. The molecule has 1 rings (SSSR count). The first-order valence-corrected chi connectivity index (χ1v) is 6.49. The van der Waals surface area contributed by atoms with Crippen molar-refractivity contribution in [1.82, 2.24) is 0 Å². The highest BCUT2D eigenvalue weighted by Crippen LogP contribution is 2.26. The van der Waals surface area contributed by atoms with Gasteiger partial charge >= 0.3 is 13.3 Å². The van der Waals surface area contributed by atoms with Crippen molar-refractivity contribution in [1.29, 1.82) is 0 Å². The van der Waals surface area contributed by atoms with Gasteiger partial charge in [-0.2, -0.15) is 13.2 Å². The van der Waals surface area contributed by atoms with Crippen molar-refractivity contribution in [3.63, 3.8) is 0 Å². The minimum atomic E-state index is -4.62. The van der Waals surface area contributed by atoms with Crippen LogP contribution < -0.4 is 5.46 Å². The molecule has 0 aliphatic carbocycles. The predicted octanol–water partition coefficient (Wildman–Crippen LogP) is 1.34. The molecule has 0 bridgehead atoms. The summed E-state index contributed by atoms with van der Waals surface area (Å²) in [6, 6.07) is 1.90. The largest absolute Gasteiger partial charge is 0.489 e. The Morgan fingerprint density at radius 1 is 1.22 bits per heavy atom. The molecule has 0 aliphatic heterocycles. The van der Waals surface area contributed by atoms with E-state index in [9.17, 15) is 17.4 Å². The van der Waals surface area contributed by atoms with Gasteiger partial charge in [-0.05, 0) is 12.1 Å². The fraction of sp³-hybridized carbons (Fsp3) is 0.250. The van der Waals surface area contributed by atoms with Crippen LogP contribution in [-0.2, 0) is 10.8 Å². The highest BCUT2D eigenvalue weighted by Gasteiger charge is 2.32. The molecule has 0 saturated heterocycles. The molecule has 0 saturated carbocycles. The zero-order chi connectivity index (χ0) is 14.1. The summed E-state index contributed by atoms with van der Waals surface area (Å²) >= 11 is 11.2. The molecule has 0 amide bonds. The Bertz CT molecular complexity index is 481. The quantitative estimate of drug-likeness (QED) is 0.826. The smallest absolute Gasteiger partial charge is 0.423 e. The Labute approximate surface area is 113 Å². The number of hydrogen-bond acceptors (Lipinski definition) is 3. The van der Waals surface area contributed by atoms with Crippen LogP contribution in [-0.4, -0.2) is 33.3 Å². The normalized spacial score (nSPS) is 13.5. The second-order valence-corrected chi connectivity index (χ2v) is 5.52. The fourth-order valence-electron chi connectivity index (χ4n) is 1.14. The molecule has 2 N–H and O–H groups in total. The van der Waals surface area contributed by atoms with E-state index in [0.717, 1.165) is 12.1 Å². The topological polar surface area (TPSA) is 57.5 Å². The standard InChI is InChI=1S/C8H6BCl2F3O3S/c10-5-2-6(11)7(1-4(5)9(15)16)18(17)3-8(12,13)14/h1-2,15-16H,3H2. The van der Waals surface area contributed by atoms with E-state index in [1.165, 1.54) is 0 Å². The van der Waals surface area contributed by atoms with Gasteiger partial charge in [0.15, 0.2) is 0 Å². The predicted molar refractivity (Wildman–Crippen MR) is 63.6 cm³/mol. The zero-order valence-electron chi connectivity index (χ0n) is 8.54. The van der Waals surface area contributed by atoms with Crippen LogP contribution in [0.25, 0.3) is 0 Å². The van der Waals surface area contributed by atoms with Gasteiger partial charge in [-0.1, -0.05) is 23.2 Å². The second-order valence-electron chi connectivity index (χ2n) is 3.28. The van der Waals surface area contributed by atoms with Crippen LogP contribution in [0, 0.1) is 0 Å². The molecule has 0 spiro atoms. The number of alkyl halides is 3. The SMILES string of the molecule is O=S(CC(F)(F)F)c1cc(B(O)O)c(Cl)cc1Cl. The van der Waals surface area contributed by atoms with Crippen LogP contribution in [0.1, 0.15) is 0 Å². The molecule has 100 valence electrons. The average molecular weight is 321 g/mol. The van der Waals surface area contributed by atoms with Gasteiger partial charge in [0.25, 0.3) is 0 Å². The molecular weight excluding hydrogens is 315 g/mol. The van der Waals surface area contributed by atoms with Crippen LogP contribution in [0.4, 0.5) is 13.2 Å². The average Bonchev–Trinajstić information content (AvgIpc) is 2.13. The molecule has 1 unspecified atom stereocenters. The van der Waals surface area contributed by atoms with E-state index in [-0.39, 0.29) is 20.4 Å². The van der Waals surface area contributed by atoms with Crippen LogP contribution in [0.2, 0.25) is 10.0 Å². The minimum Gasteiger partial charge on any atom is -0.423 e. The van der Waals surface area contributed by atoms with Crippen molar-refractivity contribution < 1.29 is 27.4 Å². The molecular formula is C8H6BCl2F3O3S. The van der Waals surface area contributed by atoms with Gasteiger partial charge in [-0.3, -0.25) is 4.21 Å².